The van der Waals surface area contributed by atoms with E-state index in [1.165, 1.54) is 6.07 Å². The summed E-state index contributed by atoms with van der Waals surface area (Å²) in [5.41, 5.74) is 0.0666. The van der Waals surface area contributed by atoms with Crippen LogP contribution in [0.2, 0.25) is 0 Å². The minimum atomic E-state index is -0.589. The van der Waals surface area contributed by atoms with Crippen LogP contribution < -0.4 is 10.6 Å². The minimum absolute atomic E-state index is 0.0561. The molecule has 3 atom stereocenters. The highest BCUT2D eigenvalue weighted by Gasteiger charge is 2.41. The lowest BCUT2D eigenvalue weighted by Gasteiger charge is -2.39. The number of nitrogens with one attached hydrogen (secondary N) is 2. The Morgan fingerprint density at radius 2 is 1.86 bits per heavy atom. The van der Waals surface area contributed by atoms with Crippen LogP contribution in [0.4, 0.5) is 4.39 Å². The molecule has 2 bridgehead atoms. The van der Waals surface area contributed by atoms with Crippen molar-refractivity contribution in [2.24, 2.45) is 5.92 Å². The van der Waals surface area contributed by atoms with Gasteiger partial charge in [-0.05, 0) is 70.6 Å². The lowest BCUT2D eigenvalue weighted by atomic mass is 9.90. The van der Waals surface area contributed by atoms with Crippen molar-refractivity contribution in [3.05, 3.63) is 35.1 Å². The van der Waals surface area contributed by atoms with Gasteiger partial charge in [0, 0.05) is 29.7 Å². The van der Waals surface area contributed by atoms with Crippen LogP contribution in [0.3, 0.4) is 0 Å². The monoisotopic (exact) mass is 400 g/mol. The minimum Gasteiger partial charge on any atom is -0.352 e. The molecule has 2 amide bonds. The summed E-state index contributed by atoms with van der Waals surface area (Å²) in [6, 6.07) is 6.25. The predicted molar refractivity (Wildman–Crippen MR) is 108 cm³/mol. The molecule has 1 aromatic carbocycles. The van der Waals surface area contributed by atoms with Crippen molar-refractivity contribution < 1.29 is 14.0 Å². The summed E-state index contributed by atoms with van der Waals surface area (Å²) >= 11 is 0. The van der Waals surface area contributed by atoms with E-state index < -0.39 is 5.82 Å². The van der Waals surface area contributed by atoms with Crippen molar-refractivity contribution in [1.29, 1.82) is 5.26 Å². The van der Waals surface area contributed by atoms with Crippen molar-refractivity contribution in [2.45, 2.75) is 64.1 Å². The van der Waals surface area contributed by atoms with E-state index in [-0.39, 0.29) is 28.5 Å². The molecule has 0 saturated carbocycles. The summed E-state index contributed by atoms with van der Waals surface area (Å²) in [6.07, 6.45) is 4.03. The Kier molecular flexibility index (Phi) is 6.23. The second-order valence-electron chi connectivity index (χ2n) is 9.24. The lowest BCUT2D eigenvalue weighted by molar-refractivity contribution is -0.125. The molecular formula is C22H29FN4O2. The number of hydrogen-bond acceptors (Lipinski definition) is 4. The maximum absolute atomic E-state index is 13.6. The number of fused-ring (bicyclic) bond motifs is 2. The number of rotatable bonds is 5. The average molecular weight is 400 g/mol. The summed E-state index contributed by atoms with van der Waals surface area (Å²) < 4.78 is 13.6. The van der Waals surface area contributed by atoms with Crippen LogP contribution >= 0.6 is 0 Å². The van der Waals surface area contributed by atoms with Crippen LogP contribution in [0.15, 0.2) is 18.2 Å². The topological polar surface area (TPSA) is 85.2 Å². The van der Waals surface area contributed by atoms with Gasteiger partial charge in [-0.15, -0.1) is 0 Å². The Bertz CT molecular complexity index is 813. The quantitative estimate of drug-likeness (QED) is 0.796. The molecule has 2 N–H and O–H groups in total. The molecular weight excluding hydrogens is 371 g/mol. The Balaban J connectivity index is 1.53. The number of nitriles is 1. The van der Waals surface area contributed by atoms with Gasteiger partial charge in [0.25, 0.3) is 5.91 Å². The first-order chi connectivity index (χ1) is 13.6. The Morgan fingerprint density at radius 3 is 2.45 bits per heavy atom. The number of hydrogen-bond donors (Lipinski definition) is 2. The molecule has 156 valence electrons. The number of amides is 2. The maximum Gasteiger partial charge on any atom is 0.251 e. The molecule has 3 rings (SSSR count). The molecule has 0 spiro atoms. The fourth-order valence-corrected chi connectivity index (χ4v) is 4.56. The van der Waals surface area contributed by atoms with E-state index in [4.69, 9.17) is 5.26 Å². The summed E-state index contributed by atoms with van der Waals surface area (Å²) in [5.74, 6) is -0.558. The molecule has 29 heavy (non-hydrogen) atoms. The normalized spacial score (nSPS) is 24.0. The number of nitrogens with zero attached hydrogens (tertiary/aromatic N) is 2. The molecule has 7 heteroatoms. The number of carbonyl (C=O) groups is 2. The average Bonchev–Trinajstić information content (AvgIpc) is 2.86. The number of halogens is 1. The van der Waals surface area contributed by atoms with E-state index in [2.05, 4.69) is 15.5 Å². The highest BCUT2D eigenvalue weighted by Crippen LogP contribution is 2.38. The van der Waals surface area contributed by atoms with Gasteiger partial charge in [-0.25, -0.2) is 4.39 Å². The van der Waals surface area contributed by atoms with Crippen molar-refractivity contribution in [2.75, 3.05) is 13.1 Å². The van der Waals surface area contributed by atoms with Crippen molar-refractivity contribution >= 4 is 11.8 Å². The van der Waals surface area contributed by atoms with E-state index in [1.54, 1.807) is 0 Å². The first-order valence-corrected chi connectivity index (χ1v) is 10.2. The van der Waals surface area contributed by atoms with Gasteiger partial charge in [0.05, 0.1) is 18.2 Å². The first-order valence-electron chi connectivity index (χ1n) is 10.2. The van der Waals surface area contributed by atoms with Crippen LogP contribution in [0.1, 0.15) is 62.4 Å². The highest BCUT2D eigenvalue weighted by molar-refractivity contribution is 5.94. The molecule has 1 aromatic rings. The maximum atomic E-state index is 13.6. The van der Waals surface area contributed by atoms with Crippen LogP contribution in [0.5, 0.6) is 0 Å². The Hall–Kier alpha value is -2.46. The van der Waals surface area contributed by atoms with E-state index >= 15 is 0 Å². The Morgan fingerprint density at radius 1 is 1.21 bits per heavy atom. The predicted octanol–water partition coefficient (Wildman–Crippen LogP) is 2.58. The van der Waals surface area contributed by atoms with Gasteiger partial charge in [0.2, 0.25) is 5.91 Å². The van der Waals surface area contributed by atoms with Crippen LogP contribution in [-0.2, 0) is 4.79 Å². The van der Waals surface area contributed by atoms with Gasteiger partial charge in [-0.2, -0.15) is 5.26 Å². The third kappa shape index (κ3) is 5.54. The number of carbonyl (C=O) groups excluding carboxylic acids is 2. The zero-order valence-corrected chi connectivity index (χ0v) is 17.3. The van der Waals surface area contributed by atoms with E-state index in [9.17, 15) is 14.0 Å². The van der Waals surface area contributed by atoms with Gasteiger partial charge < -0.3 is 10.6 Å². The molecule has 0 radical (unpaired) electrons. The van der Waals surface area contributed by atoms with E-state index in [0.717, 1.165) is 37.8 Å². The van der Waals surface area contributed by atoms with E-state index in [1.807, 2.05) is 26.8 Å². The van der Waals surface area contributed by atoms with Crippen LogP contribution in [-0.4, -0.2) is 47.4 Å². The van der Waals surface area contributed by atoms with Gasteiger partial charge in [0.1, 0.15) is 5.82 Å². The third-order valence-electron chi connectivity index (χ3n) is 5.66. The SMILES string of the molecule is CC(C)(C)NC(=O)CN1[C@@H]2CC[C@H]1CC(CNC(=O)c1cc(F)cc(C#N)c1)C2. The zero-order valence-electron chi connectivity index (χ0n) is 17.3. The highest BCUT2D eigenvalue weighted by atomic mass is 19.1. The summed E-state index contributed by atoms with van der Waals surface area (Å²) in [5, 5.41) is 14.9. The molecule has 1 unspecified atom stereocenters. The number of piperidine rings is 1. The molecule has 2 aliphatic heterocycles. The summed E-state index contributed by atoms with van der Waals surface area (Å²) in [4.78, 5) is 27.0. The summed E-state index contributed by atoms with van der Waals surface area (Å²) in [7, 11) is 0. The van der Waals surface area contributed by atoms with Gasteiger partial charge in [0.15, 0.2) is 0 Å². The molecule has 2 heterocycles. The number of benzene rings is 1. The van der Waals surface area contributed by atoms with Gasteiger partial charge in [-0.3, -0.25) is 14.5 Å². The van der Waals surface area contributed by atoms with Gasteiger partial charge >= 0.3 is 0 Å². The molecule has 6 nitrogen and oxygen atoms in total. The summed E-state index contributed by atoms with van der Waals surface area (Å²) in [6.45, 7) is 6.88. The van der Waals surface area contributed by atoms with Crippen molar-refractivity contribution in [1.82, 2.24) is 15.5 Å². The lowest BCUT2D eigenvalue weighted by Crippen LogP contribution is -2.52. The molecule has 2 fully saturated rings. The second kappa shape index (κ2) is 8.50. The van der Waals surface area contributed by atoms with Crippen LogP contribution in [0.25, 0.3) is 0 Å². The largest absolute Gasteiger partial charge is 0.352 e. The van der Waals surface area contributed by atoms with E-state index in [0.29, 0.717) is 31.1 Å². The second-order valence-corrected chi connectivity index (χ2v) is 9.24. The smallest absolute Gasteiger partial charge is 0.251 e. The third-order valence-corrected chi connectivity index (χ3v) is 5.66. The van der Waals surface area contributed by atoms with Gasteiger partial charge in [-0.1, -0.05) is 0 Å². The molecule has 2 saturated heterocycles. The fourth-order valence-electron chi connectivity index (χ4n) is 4.56. The standard InChI is InChI=1S/C22H29FN4O2/c1-22(2,3)26-20(28)13-27-18-4-5-19(27)9-15(8-18)12-25-21(29)16-6-14(11-24)7-17(23)10-16/h6-7,10,15,18-19H,4-5,8-9,12-13H2,1-3H3,(H,25,29)(H,26,28)/t15?,18-,19+. The van der Waals surface area contributed by atoms with Crippen LogP contribution in [0, 0.1) is 23.1 Å². The van der Waals surface area contributed by atoms with Crippen molar-refractivity contribution in [3.63, 3.8) is 0 Å². The first kappa shape index (κ1) is 21.3. The zero-order chi connectivity index (χ0) is 21.2. The Labute approximate surface area is 171 Å². The molecule has 2 aliphatic rings. The molecule has 0 aromatic heterocycles. The van der Waals surface area contributed by atoms with Crippen molar-refractivity contribution in [3.8, 4) is 6.07 Å². The fraction of sp³-hybridized carbons (Fsp3) is 0.591. The molecule has 0 aliphatic carbocycles.